The number of aliphatic carboxylic acids is 1. The van der Waals surface area contributed by atoms with Gasteiger partial charge in [-0.1, -0.05) is 26.5 Å². The molecule has 0 saturated heterocycles. The number of carboxylic acids is 1. The summed E-state index contributed by atoms with van der Waals surface area (Å²) in [6, 6.07) is 0. The number of carbonyl (C=O) groups excluding carboxylic acids is 1. The number of alkyl carbamates (subject to hydrolysis) is 1. The fraction of sp³-hybridized carbons (Fsp3) is 0.600. The monoisotopic (exact) mass is 269 g/mol. The Kier molecular flexibility index (Phi) is 5.19. The average molecular weight is 269 g/mol. The summed E-state index contributed by atoms with van der Waals surface area (Å²) in [7, 11) is 0. The molecular weight excluding hydrogens is 255 g/mol. The third-order valence-corrected chi connectivity index (χ3v) is 2.28. The van der Waals surface area contributed by atoms with E-state index in [-0.39, 0.29) is 6.61 Å². The third kappa shape index (κ3) is 3.14. The van der Waals surface area contributed by atoms with Crippen LogP contribution in [-0.2, 0) is 9.53 Å². The van der Waals surface area contributed by atoms with Crippen molar-refractivity contribution >= 4 is 12.1 Å². The predicted octanol–water partition coefficient (Wildman–Crippen LogP) is 1.94. The number of rotatable bonds is 5. The summed E-state index contributed by atoms with van der Waals surface area (Å²) in [5, 5.41) is 10.2. The third-order valence-electron chi connectivity index (χ3n) is 2.28. The van der Waals surface area contributed by atoms with E-state index >= 15 is 0 Å². The summed E-state index contributed by atoms with van der Waals surface area (Å²) < 4.78 is 43.0. The van der Waals surface area contributed by atoms with Gasteiger partial charge in [0.2, 0.25) is 5.54 Å². The van der Waals surface area contributed by atoms with Crippen LogP contribution in [0, 0.1) is 5.92 Å². The molecule has 0 aromatic carbocycles. The molecule has 18 heavy (non-hydrogen) atoms. The second-order valence-corrected chi connectivity index (χ2v) is 3.78. The minimum atomic E-state index is -5.15. The second-order valence-electron chi connectivity index (χ2n) is 3.78. The van der Waals surface area contributed by atoms with Crippen LogP contribution < -0.4 is 5.32 Å². The summed E-state index contributed by atoms with van der Waals surface area (Å²) in [5.41, 5.74) is -3.38. The molecule has 0 heterocycles. The van der Waals surface area contributed by atoms with Crippen molar-refractivity contribution < 1.29 is 32.6 Å². The molecule has 0 aromatic rings. The standard InChI is InChI=1S/C10H14F3NO4/c1-4-5-18-8(17)14-9(6(2)3,7(15)16)10(11,12)13/h4,6H,1,5H2,2-3H3,(H,14,17)(H,15,16). The maximum atomic E-state index is 12.9. The lowest BCUT2D eigenvalue weighted by Crippen LogP contribution is -2.67. The first kappa shape index (κ1) is 16.3. The molecule has 5 nitrogen and oxygen atoms in total. The van der Waals surface area contributed by atoms with Crippen molar-refractivity contribution in [2.45, 2.75) is 25.6 Å². The minimum Gasteiger partial charge on any atom is -0.479 e. The Hall–Kier alpha value is -1.73. The summed E-state index contributed by atoms with van der Waals surface area (Å²) in [4.78, 5) is 22.0. The van der Waals surface area contributed by atoms with Gasteiger partial charge in [0.1, 0.15) is 6.61 Å². The van der Waals surface area contributed by atoms with Crippen LogP contribution in [0.3, 0.4) is 0 Å². The minimum absolute atomic E-state index is 0.322. The van der Waals surface area contributed by atoms with Gasteiger partial charge in [-0.05, 0) is 5.92 Å². The van der Waals surface area contributed by atoms with E-state index in [0.717, 1.165) is 19.9 Å². The predicted molar refractivity (Wildman–Crippen MR) is 55.9 cm³/mol. The molecule has 0 saturated carbocycles. The highest BCUT2D eigenvalue weighted by molar-refractivity contribution is 5.85. The number of carbonyl (C=O) groups is 2. The van der Waals surface area contributed by atoms with Crippen molar-refractivity contribution in [2.24, 2.45) is 5.92 Å². The molecule has 1 amide bonds. The number of ether oxygens (including phenoxy) is 1. The van der Waals surface area contributed by atoms with Crippen LogP contribution in [0.5, 0.6) is 0 Å². The SMILES string of the molecule is C=CCOC(=O)NC(C(=O)O)(C(C)C)C(F)(F)F. The number of hydrogen-bond donors (Lipinski definition) is 2. The van der Waals surface area contributed by atoms with Gasteiger partial charge in [-0.3, -0.25) is 5.32 Å². The van der Waals surface area contributed by atoms with Gasteiger partial charge < -0.3 is 9.84 Å². The number of hydrogen-bond acceptors (Lipinski definition) is 3. The van der Waals surface area contributed by atoms with E-state index in [4.69, 9.17) is 5.11 Å². The molecule has 1 atom stereocenters. The highest BCUT2D eigenvalue weighted by Crippen LogP contribution is 2.36. The molecule has 2 N–H and O–H groups in total. The lowest BCUT2D eigenvalue weighted by Gasteiger charge is -2.35. The van der Waals surface area contributed by atoms with Crippen LogP contribution in [-0.4, -0.2) is 35.5 Å². The number of halogens is 3. The summed E-state index contributed by atoms with van der Waals surface area (Å²) in [5.74, 6) is -3.60. The van der Waals surface area contributed by atoms with Crippen molar-refractivity contribution in [3.05, 3.63) is 12.7 Å². The van der Waals surface area contributed by atoms with Gasteiger partial charge in [-0.2, -0.15) is 13.2 Å². The zero-order valence-electron chi connectivity index (χ0n) is 9.87. The highest BCUT2D eigenvalue weighted by Gasteiger charge is 2.64. The van der Waals surface area contributed by atoms with Gasteiger partial charge >= 0.3 is 18.2 Å². The van der Waals surface area contributed by atoms with Crippen LogP contribution in [0.4, 0.5) is 18.0 Å². The smallest absolute Gasteiger partial charge is 0.422 e. The first-order chi connectivity index (χ1) is 8.09. The zero-order chi connectivity index (χ0) is 14.6. The van der Waals surface area contributed by atoms with Gasteiger partial charge in [0.05, 0.1) is 0 Å². The number of alkyl halides is 3. The summed E-state index contributed by atoms with van der Waals surface area (Å²) >= 11 is 0. The van der Waals surface area contributed by atoms with E-state index in [1.807, 2.05) is 0 Å². The largest absolute Gasteiger partial charge is 0.479 e. The maximum Gasteiger partial charge on any atom is 0.422 e. The number of carboxylic acid groups (broad SMARTS) is 1. The molecule has 0 rings (SSSR count). The Morgan fingerprint density at radius 3 is 2.22 bits per heavy atom. The quantitative estimate of drug-likeness (QED) is 0.748. The average Bonchev–Trinajstić information content (AvgIpc) is 2.19. The van der Waals surface area contributed by atoms with Crippen molar-refractivity contribution in [2.75, 3.05) is 6.61 Å². The summed E-state index contributed by atoms with van der Waals surface area (Å²) in [6.45, 7) is 4.96. The Morgan fingerprint density at radius 1 is 1.44 bits per heavy atom. The van der Waals surface area contributed by atoms with E-state index in [0.29, 0.717) is 0 Å². The van der Waals surface area contributed by atoms with Crippen LogP contribution in [0.1, 0.15) is 13.8 Å². The molecule has 0 aliphatic rings. The van der Waals surface area contributed by atoms with Gasteiger partial charge in [-0.25, -0.2) is 9.59 Å². The van der Waals surface area contributed by atoms with Gasteiger partial charge in [0, 0.05) is 0 Å². The van der Waals surface area contributed by atoms with Crippen molar-refractivity contribution in [1.29, 1.82) is 0 Å². The number of nitrogens with one attached hydrogen (secondary N) is 1. The first-order valence-electron chi connectivity index (χ1n) is 4.95. The molecule has 0 aliphatic carbocycles. The molecule has 8 heteroatoms. The van der Waals surface area contributed by atoms with Gasteiger partial charge in [0.25, 0.3) is 0 Å². The fourth-order valence-electron chi connectivity index (χ4n) is 1.30. The molecule has 0 bridgehead atoms. The topological polar surface area (TPSA) is 75.6 Å². The second kappa shape index (κ2) is 5.74. The molecular formula is C10H14F3NO4. The highest BCUT2D eigenvalue weighted by atomic mass is 19.4. The molecule has 0 fully saturated rings. The Labute approximate surface area is 102 Å². The van der Waals surface area contributed by atoms with Gasteiger partial charge in [-0.15, -0.1) is 0 Å². The molecule has 0 radical (unpaired) electrons. The zero-order valence-corrected chi connectivity index (χ0v) is 9.87. The Bertz CT molecular complexity index is 341. The molecule has 0 spiro atoms. The molecule has 1 unspecified atom stereocenters. The van der Waals surface area contributed by atoms with Crippen LogP contribution in [0.15, 0.2) is 12.7 Å². The lowest BCUT2D eigenvalue weighted by atomic mass is 9.85. The van der Waals surface area contributed by atoms with E-state index in [9.17, 15) is 22.8 Å². The van der Waals surface area contributed by atoms with Crippen molar-refractivity contribution in [3.8, 4) is 0 Å². The fourth-order valence-corrected chi connectivity index (χ4v) is 1.30. The number of amides is 1. The van der Waals surface area contributed by atoms with E-state index in [1.165, 1.54) is 5.32 Å². The van der Waals surface area contributed by atoms with E-state index in [1.54, 1.807) is 0 Å². The van der Waals surface area contributed by atoms with E-state index in [2.05, 4.69) is 11.3 Å². The first-order valence-corrected chi connectivity index (χ1v) is 4.95. The van der Waals surface area contributed by atoms with Crippen molar-refractivity contribution in [3.63, 3.8) is 0 Å². The van der Waals surface area contributed by atoms with Crippen LogP contribution in [0.25, 0.3) is 0 Å². The molecule has 104 valence electrons. The lowest BCUT2D eigenvalue weighted by molar-refractivity contribution is -0.217. The maximum absolute atomic E-state index is 12.9. The van der Waals surface area contributed by atoms with Crippen molar-refractivity contribution in [1.82, 2.24) is 5.32 Å². The van der Waals surface area contributed by atoms with Gasteiger partial charge in [0.15, 0.2) is 0 Å². The van der Waals surface area contributed by atoms with Crippen LogP contribution in [0.2, 0.25) is 0 Å². The molecule has 0 aromatic heterocycles. The van der Waals surface area contributed by atoms with Crippen LogP contribution >= 0.6 is 0 Å². The molecule has 0 aliphatic heterocycles. The normalized spacial score (nSPS) is 14.8. The summed E-state index contributed by atoms with van der Waals surface area (Å²) in [6.07, 6.45) is -5.48. The Morgan fingerprint density at radius 2 is 1.94 bits per heavy atom. The van der Waals surface area contributed by atoms with E-state index < -0.39 is 29.7 Å². The Balaban J connectivity index is 5.28.